The molecule has 2 fully saturated rings. The molecule has 1 saturated heterocycles. The fourth-order valence-electron chi connectivity index (χ4n) is 4.82. The highest BCUT2D eigenvalue weighted by molar-refractivity contribution is 5.85. The summed E-state index contributed by atoms with van der Waals surface area (Å²) in [5.74, 6) is 0.524. The number of halogens is 3. The van der Waals surface area contributed by atoms with Crippen molar-refractivity contribution in [2.24, 2.45) is 0 Å². The molecule has 0 aromatic carbocycles. The van der Waals surface area contributed by atoms with Crippen LogP contribution in [-0.4, -0.2) is 40.8 Å². The lowest BCUT2D eigenvalue weighted by Gasteiger charge is -2.33. The van der Waals surface area contributed by atoms with Crippen molar-refractivity contribution >= 4 is 11.2 Å². The van der Waals surface area contributed by atoms with Crippen LogP contribution in [0.25, 0.3) is 22.6 Å². The monoisotopic (exact) mass is 509 g/mol. The first-order chi connectivity index (χ1) is 17.7. The average Bonchev–Trinajstić information content (AvgIpc) is 3.59. The molecule has 8 nitrogen and oxygen atoms in total. The van der Waals surface area contributed by atoms with Gasteiger partial charge in [0.2, 0.25) is 0 Å². The van der Waals surface area contributed by atoms with Gasteiger partial charge in [-0.15, -0.1) is 0 Å². The average molecular weight is 510 g/mol. The highest BCUT2D eigenvalue weighted by Gasteiger charge is 2.34. The van der Waals surface area contributed by atoms with E-state index in [-0.39, 0.29) is 18.1 Å². The summed E-state index contributed by atoms with van der Waals surface area (Å²) in [6.07, 6.45) is 3.75. The smallest absolute Gasteiger partial charge is 0.370 e. The number of alkyl halides is 3. The molecule has 1 saturated carbocycles. The van der Waals surface area contributed by atoms with Crippen LogP contribution in [0.15, 0.2) is 30.7 Å². The van der Waals surface area contributed by atoms with Gasteiger partial charge in [0.25, 0.3) is 0 Å². The Morgan fingerprint density at radius 3 is 2.46 bits per heavy atom. The zero-order valence-electron chi connectivity index (χ0n) is 20.7. The van der Waals surface area contributed by atoms with E-state index in [1.165, 1.54) is 6.07 Å². The number of aryl methyl sites for hydroxylation is 2. The second-order valence-corrected chi connectivity index (χ2v) is 10.0. The Bertz CT molecular complexity index is 1460. The van der Waals surface area contributed by atoms with Crippen molar-refractivity contribution in [3.05, 3.63) is 59.1 Å². The molecular weight excluding hydrogens is 483 g/mol. The zero-order valence-corrected chi connectivity index (χ0v) is 20.7. The maximum Gasteiger partial charge on any atom is 0.417 e. The van der Waals surface area contributed by atoms with Gasteiger partial charge in [-0.3, -0.25) is 9.67 Å². The summed E-state index contributed by atoms with van der Waals surface area (Å²) in [6, 6.07) is 2.82. The molecule has 5 heterocycles. The molecule has 37 heavy (non-hydrogen) atoms. The minimum atomic E-state index is -4.47. The summed E-state index contributed by atoms with van der Waals surface area (Å²) >= 11 is 0. The highest BCUT2D eigenvalue weighted by Crippen LogP contribution is 2.41. The van der Waals surface area contributed by atoms with Crippen molar-refractivity contribution in [3.8, 4) is 11.4 Å². The van der Waals surface area contributed by atoms with Crippen LogP contribution in [0.1, 0.15) is 79.0 Å². The molecule has 0 unspecified atom stereocenters. The molecule has 192 valence electrons. The molecule has 1 aliphatic carbocycles. The predicted molar refractivity (Wildman–Crippen MR) is 129 cm³/mol. The van der Waals surface area contributed by atoms with Crippen molar-refractivity contribution in [2.45, 2.75) is 76.8 Å². The van der Waals surface area contributed by atoms with Gasteiger partial charge in [-0.05, 0) is 58.6 Å². The Morgan fingerprint density at radius 2 is 1.76 bits per heavy atom. The van der Waals surface area contributed by atoms with Gasteiger partial charge in [0, 0.05) is 23.9 Å². The second kappa shape index (κ2) is 8.83. The summed E-state index contributed by atoms with van der Waals surface area (Å²) in [4.78, 5) is 23.0. The van der Waals surface area contributed by atoms with E-state index < -0.39 is 11.7 Å². The lowest BCUT2D eigenvalue weighted by atomic mass is 9.89. The van der Waals surface area contributed by atoms with Gasteiger partial charge >= 0.3 is 6.18 Å². The molecule has 6 rings (SSSR count). The second-order valence-electron chi connectivity index (χ2n) is 10.0. The molecule has 4 aromatic rings. The van der Waals surface area contributed by atoms with Crippen LogP contribution in [0.2, 0.25) is 0 Å². The molecule has 1 aliphatic heterocycles. The zero-order chi connectivity index (χ0) is 25.9. The van der Waals surface area contributed by atoms with E-state index in [4.69, 9.17) is 14.7 Å². The molecule has 3 atom stereocenters. The van der Waals surface area contributed by atoms with Crippen molar-refractivity contribution in [3.63, 3.8) is 0 Å². The van der Waals surface area contributed by atoms with Crippen LogP contribution >= 0.6 is 0 Å². The minimum absolute atomic E-state index is 0.0363. The lowest BCUT2D eigenvalue weighted by Crippen LogP contribution is -2.26. The van der Waals surface area contributed by atoms with Crippen molar-refractivity contribution in [1.29, 1.82) is 0 Å². The standard InChI is InChI=1S/C26H26F3N7O/c1-13-8-16(9-21(37-13)17-10-31-36(12-17)19-5-6-19)24-34-22(20-7-4-18(11-30-20)26(27,28)29)23-25(35-24)33-15(3)14(2)32-23/h4,7,10-13,16,19,21H,5-6,8-9H2,1-3H3/t13-,16-,21+/m0/s1. The van der Waals surface area contributed by atoms with Gasteiger partial charge in [0.05, 0.1) is 47.1 Å². The maximum absolute atomic E-state index is 13.1. The van der Waals surface area contributed by atoms with Gasteiger partial charge in [-0.1, -0.05) is 0 Å². The van der Waals surface area contributed by atoms with Crippen LogP contribution in [0, 0.1) is 13.8 Å². The van der Waals surface area contributed by atoms with Gasteiger partial charge in [0.15, 0.2) is 5.65 Å². The van der Waals surface area contributed by atoms with Crippen LogP contribution in [-0.2, 0) is 10.9 Å². The van der Waals surface area contributed by atoms with Crippen LogP contribution in [0.4, 0.5) is 13.2 Å². The number of hydrogen-bond acceptors (Lipinski definition) is 7. The van der Waals surface area contributed by atoms with Gasteiger partial charge < -0.3 is 4.74 Å². The Labute approximate surface area is 211 Å². The molecule has 11 heteroatoms. The molecule has 0 radical (unpaired) electrons. The van der Waals surface area contributed by atoms with E-state index in [9.17, 15) is 13.2 Å². The number of ether oxygens (including phenoxy) is 1. The number of aromatic nitrogens is 7. The molecule has 0 bridgehead atoms. The van der Waals surface area contributed by atoms with E-state index in [1.54, 1.807) is 0 Å². The Morgan fingerprint density at radius 1 is 0.973 bits per heavy atom. The van der Waals surface area contributed by atoms with E-state index in [1.807, 2.05) is 31.6 Å². The Kier molecular flexibility index (Phi) is 5.70. The Hall–Kier alpha value is -3.47. The largest absolute Gasteiger partial charge is 0.417 e. The summed E-state index contributed by atoms with van der Waals surface area (Å²) in [7, 11) is 0. The SMILES string of the molecule is Cc1nc2nc([C@H]3C[C@H](C)O[C@@H](c4cnn(C5CC5)c4)C3)nc(-c3ccc(C(F)(F)F)cn3)c2nc1C. The number of nitrogens with zero attached hydrogens (tertiary/aromatic N) is 7. The molecule has 2 aliphatic rings. The number of rotatable bonds is 4. The van der Waals surface area contributed by atoms with Gasteiger partial charge in [-0.25, -0.2) is 19.9 Å². The normalized spacial score (nSPS) is 22.5. The third-order valence-corrected chi connectivity index (χ3v) is 7.08. The van der Waals surface area contributed by atoms with E-state index in [0.29, 0.717) is 53.0 Å². The van der Waals surface area contributed by atoms with E-state index in [2.05, 4.69) is 26.2 Å². The molecular formula is C26H26F3N7O. The highest BCUT2D eigenvalue weighted by atomic mass is 19.4. The predicted octanol–water partition coefficient (Wildman–Crippen LogP) is 5.67. The quantitative estimate of drug-likeness (QED) is 0.350. The van der Waals surface area contributed by atoms with Crippen LogP contribution in [0.5, 0.6) is 0 Å². The summed E-state index contributed by atoms with van der Waals surface area (Å²) < 4.78 is 47.7. The first-order valence-electron chi connectivity index (χ1n) is 12.4. The molecule has 4 aromatic heterocycles. The lowest BCUT2D eigenvalue weighted by molar-refractivity contribution is -0.137. The van der Waals surface area contributed by atoms with Crippen molar-refractivity contribution in [2.75, 3.05) is 0 Å². The summed E-state index contributed by atoms with van der Waals surface area (Å²) in [5.41, 5.74) is 3.13. The molecule has 0 amide bonds. The number of fused-ring (bicyclic) bond motifs is 1. The number of pyridine rings is 1. The van der Waals surface area contributed by atoms with Crippen LogP contribution < -0.4 is 0 Å². The molecule has 0 N–H and O–H groups in total. The summed E-state index contributed by atoms with van der Waals surface area (Å²) in [5, 5.41) is 4.51. The third-order valence-electron chi connectivity index (χ3n) is 7.08. The first kappa shape index (κ1) is 23.9. The van der Waals surface area contributed by atoms with Crippen molar-refractivity contribution in [1.82, 2.24) is 34.7 Å². The topological polar surface area (TPSA) is 91.5 Å². The minimum Gasteiger partial charge on any atom is -0.370 e. The first-order valence-corrected chi connectivity index (χ1v) is 12.4. The fraction of sp³-hybridized carbons (Fsp3) is 0.462. The van der Waals surface area contributed by atoms with E-state index in [0.717, 1.165) is 36.4 Å². The fourth-order valence-corrected chi connectivity index (χ4v) is 4.82. The van der Waals surface area contributed by atoms with Crippen LogP contribution in [0.3, 0.4) is 0 Å². The number of hydrogen-bond donors (Lipinski definition) is 0. The molecule has 0 spiro atoms. The van der Waals surface area contributed by atoms with Gasteiger partial charge in [-0.2, -0.15) is 18.3 Å². The third kappa shape index (κ3) is 4.68. The Balaban J connectivity index is 1.40. The maximum atomic E-state index is 13.1. The summed E-state index contributed by atoms with van der Waals surface area (Å²) in [6.45, 7) is 5.70. The van der Waals surface area contributed by atoms with Gasteiger partial charge in [0.1, 0.15) is 17.0 Å². The van der Waals surface area contributed by atoms with E-state index >= 15 is 0 Å². The van der Waals surface area contributed by atoms with Crippen molar-refractivity contribution < 1.29 is 17.9 Å².